The van der Waals surface area contributed by atoms with Crippen molar-refractivity contribution in [2.24, 2.45) is 4.99 Å². The minimum absolute atomic E-state index is 0. The van der Waals surface area contributed by atoms with Gasteiger partial charge in [0.1, 0.15) is 0 Å². The Labute approximate surface area is 126 Å². The topological polar surface area (TPSA) is 36.4 Å². The van der Waals surface area contributed by atoms with Gasteiger partial charge in [-0.25, -0.2) is 0 Å². The lowest BCUT2D eigenvalue weighted by Gasteiger charge is -2.28. The van der Waals surface area contributed by atoms with Crippen molar-refractivity contribution in [3.8, 4) is 0 Å². The van der Waals surface area contributed by atoms with Crippen LogP contribution in [0.1, 0.15) is 30.9 Å². The molecule has 0 heterocycles. The van der Waals surface area contributed by atoms with Crippen LogP contribution in [0.2, 0.25) is 0 Å². The van der Waals surface area contributed by atoms with Crippen LogP contribution in [0.3, 0.4) is 0 Å². The van der Waals surface area contributed by atoms with Gasteiger partial charge in [-0.3, -0.25) is 4.99 Å². The maximum atomic E-state index is 4.62. The highest BCUT2D eigenvalue weighted by atomic mass is 127. The summed E-state index contributed by atoms with van der Waals surface area (Å²) in [6.45, 7) is 6.88. The molecule has 18 heavy (non-hydrogen) atoms. The molecular formula is C14H22IN3. The first-order valence-electron chi connectivity index (χ1n) is 6.45. The fraction of sp³-hybridized carbons (Fsp3) is 0.500. The van der Waals surface area contributed by atoms with E-state index in [4.69, 9.17) is 0 Å². The number of hydrogen-bond donors (Lipinski definition) is 2. The van der Waals surface area contributed by atoms with Gasteiger partial charge in [0, 0.05) is 25.6 Å². The summed E-state index contributed by atoms with van der Waals surface area (Å²) < 4.78 is 0. The van der Waals surface area contributed by atoms with Gasteiger partial charge in [0.15, 0.2) is 5.96 Å². The van der Waals surface area contributed by atoms with Crippen LogP contribution in [0.5, 0.6) is 0 Å². The number of guanidine groups is 1. The van der Waals surface area contributed by atoms with Gasteiger partial charge >= 0.3 is 0 Å². The zero-order valence-corrected chi connectivity index (χ0v) is 13.4. The Morgan fingerprint density at radius 1 is 1.22 bits per heavy atom. The lowest BCUT2D eigenvalue weighted by atomic mass is 9.78. The van der Waals surface area contributed by atoms with E-state index in [9.17, 15) is 0 Å². The van der Waals surface area contributed by atoms with Crippen LogP contribution in [0.15, 0.2) is 29.3 Å². The van der Waals surface area contributed by atoms with E-state index in [1.165, 1.54) is 17.5 Å². The molecule has 1 atom stereocenters. The monoisotopic (exact) mass is 359 g/mol. The van der Waals surface area contributed by atoms with Crippen molar-refractivity contribution >= 4 is 29.9 Å². The van der Waals surface area contributed by atoms with E-state index < -0.39 is 0 Å². The Morgan fingerprint density at radius 2 is 1.89 bits per heavy atom. The van der Waals surface area contributed by atoms with Gasteiger partial charge in [-0.1, -0.05) is 24.3 Å². The predicted octanol–water partition coefficient (Wildman–Crippen LogP) is 2.52. The SMILES string of the molecule is CCNC(=NCC1Cc2ccccc21)NCC.I. The summed E-state index contributed by atoms with van der Waals surface area (Å²) >= 11 is 0. The number of halogens is 1. The summed E-state index contributed by atoms with van der Waals surface area (Å²) in [6.07, 6.45) is 1.17. The number of nitrogens with one attached hydrogen (secondary N) is 2. The third kappa shape index (κ3) is 3.60. The molecule has 1 aromatic rings. The van der Waals surface area contributed by atoms with Gasteiger partial charge in [0.05, 0.1) is 0 Å². The molecule has 100 valence electrons. The molecule has 0 fully saturated rings. The second-order valence-electron chi connectivity index (χ2n) is 4.35. The van der Waals surface area contributed by atoms with Gasteiger partial charge in [-0.2, -0.15) is 0 Å². The summed E-state index contributed by atoms with van der Waals surface area (Å²) in [5.74, 6) is 1.54. The minimum atomic E-state index is 0. The average Bonchev–Trinajstić information content (AvgIpc) is 2.31. The smallest absolute Gasteiger partial charge is 0.191 e. The third-order valence-corrected chi connectivity index (χ3v) is 3.12. The molecule has 1 aliphatic carbocycles. The van der Waals surface area contributed by atoms with Crippen LogP contribution in [0.25, 0.3) is 0 Å². The Bertz CT molecular complexity index is 396. The maximum Gasteiger partial charge on any atom is 0.191 e. The van der Waals surface area contributed by atoms with Gasteiger partial charge in [-0.05, 0) is 31.4 Å². The Balaban J connectivity index is 0.00000162. The van der Waals surface area contributed by atoms with Gasteiger partial charge in [0.2, 0.25) is 0 Å². The summed E-state index contributed by atoms with van der Waals surface area (Å²) in [5.41, 5.74) is 2.96. The van der Waals surface area contributed by atoms with Crippen molar-refractivity contribution in [1.29, 1.82) is 0 Å². The molecular weight excluding hydrogens is 337 g/mol. The summed E-state index contributed by atoms with van der Waals surface area (Å²) in [6, 6.07) is 8.66. The predicted molar refractivity (Wildman–Crippen MR) is 88.0 cm³/mol. The van der Waals surface area contributed by atoms with E-state index >= 15 is 0 Å². The Kier molecular flexibility index (Phi) is 6.46. The number of fused-ring (bicyclic) bond motifs is 1. The van der Waals surface area contributed by atoms with Gasteiger partial charge in [0.25, 0.3) is 0 Å². The average molecular weight is 359 g/mol. The largest absolute Gasteiger partial charge is 0.357 e. The molecule has 0 amide bonds. The molecule has 0 aliphatic heterocycles. The number of hydrogen-bond acceptors (Lipinski definition) is 1. The van der Waals surface area contributed by atoms with E-state index in [1.807, 2.05) is 0 Å². The van der Waals surface area contributed by atoms with Crippen molar-refractivity contribution in [3.63, 3.8) is 0 Å². The first-order chi connectivity index (χ1) is 8.35. The van der Waals surface area contributed by atoms with Crippen molar-refractivity contribution in [1.82, 2.24) is 10.6 Å². The van der Waals surface area contributed by atoms with Crippen LogP contribution in [0, 0.1) is 0 Å². The Morgan fingerprint density at radius 3 is 2.50 bits per heavy atom. The van der Waals surface area contributed by atoms with E-state index in [2.05, 4.69) is 53.7 Å². The molecule has 0 saturated heterocycles. The standard InChI is InChI=1S/C14H21N3.HI/c1-3-15-14(16-4-2)17-10-12-9-11-7-5-6-8-13(11)12;/h5-8,12H,3-4,9-10H2,1-2H3,(H2,15,16,17);1H. The molecule has 1 aliphatic rings. The molecule has 2 rings (SSSR count). The number of benzene rings is 1. The van der Waals surface area contributed by atoms with Crippen LogP contribution in [-0.2, 0) is 6.42 Å². The molecule has 4 heteroatoms. The van der Waals surface area contributed by atoms with Crippen molar-refractivity contribution < 1.29 is 0 Å². The molecule has 2 N–H and O–H groups in total. The van der Waals surface area contributed by atoms with Crippen molar-refractivity contribution in [2.75, 3.05) is 19.6 Å². The maximum absolute atomic E-state index is 4.62. The first-order valence-corrected chi connectivity index (χ1v) is 6.45. The summed E-state index contributed by atoms with van der Waals surface area (Å²) in [4.78, 5) is 4.62. The quantitative estimate of drug-likeness (QED) is 0.493. The van der Waals surface area contributed by atoms with E-state index in [0.717, 1.165) is 25.6 Å². The second-order valence-corrected chi connectivity index (χ2v) is 4.35. The summed E-state index contributed by atoms with van der Waals surface area (Å²) in [5, 5.41) is 6.50. The van der Waals surface area contributed by atoms with Crippen LogP contribution in [0.4, 0.5) is 0 Å². The molecule has 1 aromatic carbocycles. The number of aliphatic imine (C=N–C) groups is 1. The van der Waals surface area contributed by atoms with Gasteiger partial charge in [-0.15, -0.1) is 24.0 Å². The molecule has 1 unspecified atom stereocenters. The molecule has 0 bridgehead atoms. The molecule has 3 nitrogen and oxygen atoms in total. The fourth-order valence-corrected chi connectivity index (χ4v) is 2.24. The lowest BCUT2D eigenvalue weighted by Crippen LogP contribution is -2.37. The van der Waals surface area contributed by atoms with Crippen LogP contribution >= 0.6 is 24.0 Å². The highest BCUT2D eigenvalue weighted by molar-refractivity contribution is 14.0. The first kappa shape index (κ1) is 15.3. The third-order valence-electron chi connectivity index (χ3n) is 3.12. The summed E-state index contributed by atoms with van der Waals surface area (Å²) in [7, 11) is 0. The highest BCUT2D eigenvalue weighted by Crippen LogP contribution is 2.34. The van der Waals surface area contributed by atoms with E-state index in [-0.39, 0.29) is 24.0 Å². The van der Waals surface area contributed by atoms with Crippen molar-refractivity contribution in [3.05, 3.63) is 35.4 Å². The molecule has 0 saturated carbocycles. The molecule has 0 radical (unpaired) electrons. The van der Waals surface area contributed by atoms with Crippen molar-refractivity contribution in [2.45, 2.75) is 26.2 Å². The van der Waals surface area contributed by atoms with E-state index in [0.29, 0.717) is 5.92 Å². The lowest BCUT2D eigenvalue weighted by molar-refractivity contribution is 0.615. The molecule has 0 aromatic heterocycles. The minimum Gasteiger partial charge on any atom is -0.357 e. The zero-order valence-electron chi connectivity index (χ0n) is 11.1. The van der Waals surface area contributed by atoms with E-state index in [1.54, 1.807) is 0 Å². The van der Waals surface area contributed by atoms with Crippen LogP contribution in [-0.4, -0.2) is 25.6 Å². The van der Waals surface area contributed by atoms with Crippen LogP contribution < -0.4 is 10.6 Å². The zero-order chi connectivity index (χ0) is 12.1. The number of rotatable bonds is 4. The fourth-order valence-electron chi connectivity index (χ4n) is 2.24. The molecule has 0 spiro atoms. The number of nitrogens with zero attached hydrogens (tertiary/aromatic N) is 1. The Hall–Kier alpha value is -0.780. The normalized spacial score (nSPS) is 15.8. The van der Waals surface area contributed by atoms with Gasteiger partial charge < -0.3 is 10.6 Å². The highest BCUT2D eigenvalue weighted by Gasteiger charge is 2.24. The second kappa shape index (κ2) is 7.61.